The number of fused-ring (bicyclic) bond motifs is 1. The summed E-state index contributed by atoms with van der Waals surface area (Å²) >= 11 is 7.46. The second-order valence-corrected chi connectivity index (χ2v) is 8.41. The third-order valence-electron chi connectivity index (χ3n) is 4.86. The molecule has 0 aliphatic rings. The average Bonchev–Trinajstić information content (AvgIpc) is 3.16. The highest BCUT2D eigenvalue weighted by Gasteiger charge is 2.20. The fourth-order valence-electron chi connectivity index (χ4n) is 3.34. The molecule has 0 fully saturated rings. The van der Waals surface area contributed by atoms with E-state index in [1.54, 1.807) is 12.1 Å². The maximum Gasteiger partial charge on any atom is 0.339 e. The summed E-state index contributed by atoms with van der Waals surface area (Å²) in [5, 5.41) is 3.97. The molecule has 0 saturated heterocycles. The molecule has 32 heavy (non-hydrogen) atoms. The molecule has 1 amide bonds. The number of esters is 1. The molecule has 4 rings (SSSR count). The maximum absolute atomic E-state index is 12.6. The number of carbonyl (C=O) groups is 2. The van der Waals surface area contributed by atoms with Crippen LogP contribution in [-0.4, -0.2) is 29.7 Å². The van der Waals surface area contributed by atoms with Gasteiger partial charge >= 0.3 is 11.1 Å². The summed E-state index contributed by atoms with van der Waals surface area (Å²) in [6, 6.07) is 22.9. The lowest BCUT2D eigenvalue weighted by Gasteiger charge is -2.08. The van der Waals surface area contributed by atoms with Gasteiger partial charge in [-0.05, 0) is 47.7 Å². The van der Waals surface area contributed by atoms with Crippen LogP contribution in [-0.2, 0) is 16.1 Å². The van der Waals surface area contributed by atoms with Gasteiger partial charge in [-0.2, -0.15) is 0 Å². The standard InChI is InChI=1S/C24H20ClN3O3S/c1-31-23(30)18-13-17(11-12-19(18)25)26-22(29)15-32-24-27-20-9-5-6-10-21(20)28(24)14-16-7-3-2-4-8-16/h2-13H,14-15H2,1H3,(H,26,29)/p+1. The number of carbonyl (C=O) groups excluding carboxylic acids is 2. The Balaban J connectivity index is 1.50. The van der Waals surface area contributed by atoms with E-state index in [0.717, 1.165) is 16.2 Å². The van der Waals surface area contributed by atoms with E-state index in [2.05, 4.69) is 33.1 Å². The minimum absolute atomic E-state index is 0.192. The number of methoxy groups -OCH3 is 1. The zero-order valence-electron chi connectivity index (χ0n) is 17.3. The van der Waals surface area contributed by atoms with Crippen molar-refractivity contribution in [3.8, 4) is 0 Å². The number of H-pyrrole nitrogens is 1. The van der Waals surface area contributed by atoms with Crippen LogP contribution < -0.4 is 9.88 Å². The fourth-order valence-corrected chi connectivity index (χ4v) is 4.38. The van der Waals surface area contributed by atoms with Crippen LogP contribution in [0.15, 0.2) is 78.0 Å². The van der Waals surface area contributed by atoms with Crippen LogP contribution in [0.2, 0.25) is 5.02 Å². The summed E-state index contributed by atoms with van der Waals surface area (Å²) in [5.74, 6) is -0.559. The molecule has 1 aromatic heterocycles. The lowest BCUT2D eigenvalue weighted by Crippen LogP contribution is -2.35. The maximum atomic E-state index is 12.6. The zero-order valence-corrected chi connectivity index (χ0v) is 18.9. The highest BCUT2D eigenvalue weighted by Crippen LogP contribution is 2.23. The van der Waals surface area contributed by atoms with Gasteiger partial charge in [0.1, 0.15) is 6.54 Å². The number of anilines is 1. The lowest BCUT2D eigenvalue weighted by molar-refractivity contribution is -0.700. The molecular weight excluding hydrogens is 446 g/mol. The molecule has 8 heteroatoms. The first-order valence-electron chi connectivity index (χ1n) is 9.90. The number of thioether (sulfide) groups is 1. The number of hydrogen-bond acceptors (Lipinski definition) is 4. The Morgan fingerprint density at radius 2 is 1.81 bits per heavy atom. The summed E-state index contributed by atoms with van der Waals surface area (Å²) in [6.45, 7) is 0.689. The second-order valence-electron chi connectivity index (χ2n) is 7.04. The van der Waals surface area contributed by atoms with Crippen molar-refractivity contribution in [3.63, 3.8) is 0 Å². The van der Waals surface area contributed by atoms with E-state index in [1.807, 2.05) is 36.4 Å². The van der Waals surface area contributed by atoms with Gasteiger partial charge in [0.25, 0.3) is 0 Å². The molecule has 0 saturated carbocycles. The number of halogens is 1. The van der Waals surface area contributed by atoms with E-state index >= 15 is 0 Å². The highest BCUT2D eigenvalue weighted by atomic mass is 35.5. The minimum Gasteiger partial charge on any atom is -0.465 e. The number of ether oxygens (including phenoxy) is 1. The largest absolute Gasteiger partial charge is 0.465 e. The first kappa shape index (κ1) is 21.9. The van der Waals surface area contributed by atoms with Crippen molar-refractivity contribution < 1.29 is 18.9 Å². The normalized spacial score (nSPS) is 10.8. The third-order valence-corrected chi connectivity index (χ3v) is 6.19. The number of amides is 1. The first-order valence-corrected chi connectivity index (χ1v) is 11.3. The zero-order chi connectivity index (χ0) is 22.5. The summed E-state index contributed by atoms with van der Waals surface area (Å²) in [7, 11) is 1.28. The Hall–Kier alpha value is -3.29. The van der Waals surface area contributed by atoms with Crippen molar-refractivity contribution in [2.45, 2.75) is 11.7 Å². The fraction of sp³-hybridized carbons (Fsp3) is 0.125. The molecule has 0 atom stereocenters. The number of nitrogens with one attached hydrogen (secondary N) is 2. The van der Waals surface area contributed by atoms with Crippen molar-refractivity contribution in [3.05, 3.63) is 88.9 Å². The number of rotatable bonds is 7. The van der Waals surface area contributed by atoms with Crippen LogP contribution in [0.5, 0.6) is 0 Å². The molecule has 0 aliphatic carbocycles. The lowest BCUT2D eigenvalue weighted by atomic mass is 10.2. The monoisotopic (exact) mass is 466 g/mol. The van der Waals surface area contributed by atoms with E-state index < -0.39 is 5.97 Å². The Labute approximate surface area is 194 Å². The van der Waals surface area contributed by atoms with Crippen molar-refractivity contribution in [1.82, 2.24) is 4.98 Å². The van der Waals surface area contributed by atoms with Gasteiger partial charge < -0.3 is 10.1 Å². The molecule has 4 aromatic rings. The van der Waals surface area contributed by atoms with Crippen molar-refractivity contribution in [1.29, 1.82) is 0 Å². The van der Waals surface area contributed by atoms with Gasteiger partial charge in [-0.3, -0.25) is 4.79 Å². The number of benzene rings is 3. The minimum atomic E-state index is -0.555. The van der Waals surface area contributed by atoms with Crippen LogP contribution in [0.4, 0.5) is 5.69 Å². The molecule has 2 N–H and O–H groups in total. The number of nitrogens with zero attached hydrogens (tertiary/aromatic N) is 1. The van der Waals surface area contributed by atoms with Crippen LogP contribution >= 0.6 is 23.4 Å². The molecule has 3 aromatic carbocycles. The van der Waals surface area contributed by atoms with Gasteiger partial charge in [0, 0.05) is 5.69 Å². The predicted molar refractivity (Wildman–Crippen MR) is 126 cm³/mol. The van der Waals surface area contributed by atoms with E-state index in [-0.39, 0.29) is 22.2 Å². The summed E-state index contributed by atoms with van der Waals surface area (Å²) in [6.07, 6.45) is 0. The summed E-state index contributed by atoms with van der Waals surface area (Å²) in [5.41, 5.74) is 3.93. The average molecular weight is 467 g/mol. The smallest absolute Gasteiger partial charge is 0.339 e. The Kier molecular flexibility index (Phi) is 6.78. The topological polar surface area (TPSA) is 75.1 Å². The van der Waals surface area contributed by atoms with E-state index in [0.29, 0.717) is 12.2 Å². The molecule has 0 bridgehead atoms. The van der Waals surface area contributed by atoms with Crippen molar-refractivity contribution in [2.75, 3.05) is 18.2 Å². The second kappa shape index (κ2) is 9.89. The quantitative estimate of drug-likeness (QED) is 0.236. The van der Waals surface area contributed by atoms with Crippen LogP contribution in [0.1, 0.15) is 15.9 Å². The van der Waals surface area contributed by atoms with Gasteiger partial charge in [-0.1, -0.05) is 54.1 Å². The molecule has 1 heterocycles. The van der Waals surface area contributed by atoms with Gasteiger partial charge in [-0.25, -0.2) is 14.3 Å². The Morgan fingerprint density at radius 1 is 1.06 bits per heavy atom. The predicted octanol–water partition coefficient (Wildman–Crippen LogP) is 4.67. The van der Waals surface area contributed by atoms with Gasteiger partial charge in [0.05, 0.1) is 23.4 Å². The Bertz CT molecular complexity index is 1270. The number of imidazole rings is 1. The molecular formula is C24H21ClN3O3S+. The van der Waals surface area contributed by atoms with Crippen LogP contribution in [0, 0.1) is 0 Å². The van der Waals surface area contributed by atoms with Crippen LogP contribution in [0.3, 0.4) is 0 Å². The third kappa shape index (κ3) is 4.95. The molecule has 0 radical (unpaired) electrons. The van der Waals surface area contributed by atoms with Crippen molar-refractivity contribution in [2.24, 2.45) is 0 Å². The summed E-state index contributed by atoms with van der Waals surface area (Å²) in [4.78, 5) is 27.8. The molecule has 0 spiro atoms. The van der Waals surface area contributed by atoms with Crippen LogP contribution in [0.25, 0.3) is 11.0 Å². The van der Waals surface area contributed by atoms with E-state index in [9.17, 15) is 9.59 Å². The number of aromatic amines is 1. The molecule has 162 valence electrons. The highest BCUT2D eigenvalue weighted by molar-refractivity contribution is 7.99. The molecule has 0 unspecified atom stereocenters. The molecule has 0 aliphatic heterocycles. The Morgan fingerprint density at radius 3 is 2.59 bits per heavy atom. The van der Waals surface area contributed by atoms with E-state index in [4.69, 9.17) is 16.3 Å². The molecule has 6 nitrogen and oxygen atoms in total. The van der Waals surface area contributed by atoms with E-state index in [1.165, 1.54) is 30.5 Å². The number of aromatic nitrogens is 2. The number of para-hydroxylation sites is 2. The van der Waals surface area contributed by atoms with Crippen molar-refractivity contribution >= 4 is 52.0 Å². The SMILES string of the molecule is COC(=O)c1cc(NC(=O)CSc2[nH]c3ccccc3[n+]2Cc2ccccc2)ccc1Cl. The van der Waals surface area contributed by atoms with Gasteiger partial charge in [0.15, 0.2) is 11.0 Å². The van der Waals surface area contributed by atoms with Gasteiger partial charge in [0.2, 0.25) is 5.91 Å². The summed E-state index contributed by atoms with van der Waals surface area (Å²) < 4.78 is 6.89. The van der Waals surface area contributed by atoms with Gasteiger partial charge in [-0.15, -0.1) is 0 Å². The number of hydrogen-bond donors (Lipinski definition) is 2. The first-order chi connectivity index (χ1) is 15.5.